The molecule has 0 bridgehead atoms. The molecule has 94 valence electrons. The Morgan fingerprint density at radius 2 is 2.35 bits per heavy atom. The average Bonchev–Trinajstić information content (AvgIpc) is 2.34. The van der Waals surface area contributed by atoms with Gasteiger partial charge in [-0.1, -0.05) is 13.3 Å². The Morgan fingerprint density at radius 1 is 1.53 bits per heavy atom. The van der Waals surface area contributed by atoms with E-state index in [0.29, 0.717) is 11.9 Å². The van der Waals surface area contributed by atoms with E-state index in [-0.39, 0.29) is 11.8 Å². The van der Waals surface area contributed by atoms with Crippen LogP contribution in [0.5, 0.6) is 0 Å². The first-order valence-electron chi connectivity index (χ1n) is 6.27. The maximum atomic E-state index is 13.7. The number of anilines is 2. The summed E-state index contributed by atoms with van der Waals surface area (Å²) in [4.78, 5) is 9.77. The van der Waals surface area contributed by atoms with Gasteiger partial charge < -0.3 is 10.6 Å². The van der Waals surface area contributed by atoms with Gasteiger partial charge in [0.2, 0.25) is 5.95 Å². The lowest BCUT2D eigenvalue weighted by molar-refractivity contribution is 0.425. The van der Waals surface area contributed by atoms with Crippen LogP contribution in [-0.4, -0.2) is 22.6 Å². The number of hydrogen-bond donors (Lipinski definition) is 1. The molecule has 1 aliphatic heterocycles. The van der Waals surface area contributed by atoms with E-state index in [2.05, 4.69) is 21.8 Å². The average molecular weight is 238 g/mol. The van der Waals surface area contributed by atoms with Crippen LogP contribution in [0.15, 0.2) is 6.20 Å². The molecule has 0 saturated carbocycles. The molecule has 0 aromatic carbocycles. The Bertz CT molecular complexity index is 381. The van der Waals surface area contributed by atoms with Crippen LogP contribution in [0.4, 0.5) is 16.2 Å². The number of nitrogen functional groups attached to an aromatic ring is 1. The van der Waals surface area contributed by atoms with E-state index in [1.54, 1.807) is 0 Å². The smallest absolute Gasteiger partial charge is 0.222 e. The summed E-state index contributed by atoms with van der Waals surface area (Å²) < 4.78 is 13.7. The van der Waals surface area contributed by atoms with Crippen molar-refractivity contribution in [2.75, 3.05) is 17.2 Å². The molecule has 1 aromatic heterocycles. The topological polar surface area (TPSA) is 55.0 Å². The van der Waals surface area contributed by atoms with Crippen molar-refractivity contribution in [2.45, 2.75) is 45.1 Å². The first-order valence-corrected chi connectivity index (χ1v) is 6.27. The van der Waals surface area contributed by atoms with Gasteiger partial charge in [0.25, 0.3) is 0 Å². The highest BCUT2D eigenvalue weighted by atomic mass is 19.1. The Labute approximate surface area is 101 Å². The number of nitrogens with two attached hydrogens (primary N) is 1. The Kier molecular flexibility index (Phi) is 3.76. The molecule has 0 amide bonds. The van der Waals surface area contributed by atoms with Crippen LogP contribution in [0.2, 0.25) is 0 Å². The summed E-state index contributed by atoms with van der Waals surface area (Å²) in [6.45, 7) is 3.01. The van der Waals surface area contributed by atoms with Crippen molar-refractivity contribution in [1.82, 2.24) is 9.97 Å². The molecular weight excluding hydrogens is 219 g/mol. The summed E-state index contributed by atoms with van der Waals surface area (Å²) in [6, 6.07) is 0.387. The van der Waals surface area contributed by atoms with Crippen molar-refractivity contribution in [3.05, 3.63) is 12.0 Å². The van der Waals surface area contributed by atoms with Gasteiger partial charge in [0.05, 0.1) is 6.20 Å². The minimum Gasteiger partial charge on any atom is -0.368 e. The Morgan fingerprint density at radius 3 is 3.12 bits per heavy atom. The fraction of sp³-hybridized carbons (Fsp3) is 0.667. The van der Waals surface area contributed by atoms with Gasteiger partial charge in [-0.05, 0) is 25.7 Å². The van der Waals surface area contributed by atoms with Crippen molar-refractivity contribution < 1.29 is 4.39 Å². The van der Waals surface area contributed by atoms with E-state index >= 15 is 0 Å². The van der Waals surface area contributed by atoms with Crippen LogP contribution < -0.4 is 10.6 Å². The number of hydrogen-bond acceptors (Lipinski definition) is 4. The van der Waals surface area contributed by atoms with Crippen molar-refractivity contribution in [3.63, 3.8) is 0 Å². The summed E-state index contributed by atoms with van der Waals surface area (Å²) >= 11 is 0. The highest BCUT2D eigenvalue weighted by Gasteiger charge is 2.25. The lowest BCUT2D eigenvalue weighted by atomic mass is 9.98. The fourth-order valence-corrected chi connectivity index (χ4v) is 2.49. The summed E-state index contributed by atoms with van der Waals surface area (Å²) in [7, 11) is 0. The van der Waals surface area contributed by atoms with Crippen LogP contribution in [0.1, 0.15) is 39.0 Å². The molecule has 5 heteroatoms. The molecule has 2 N–H and O–H groups in total. The monoisotopic (exact) mass is 238 g/mol. The molecule has 0 radical (unpaired) electrons. The van der Waals surface area contributed by atoms with Crippen molar-refractivity contribution in [1.29, 1.82) is 0 Å². The number of rotatable bonds is 3. The third-order valence-electron chi connectivity index (χ3n) is 3.27. The maximum Gasteiger partial charge on any atom is 0.222 e. The summed E-state index contributed by atoms with van der Waals surface area (Å²) in [6.07, 6.45) is 6.74. The molecule has 0 spiro atoms. The molecule has 2 heterocycles. The number of halogens is 1. The minimum absolute atomic E-state index is 0.141. The molecule has 1 fully saturated rings. The highest BCUT2D eigenvalue weighted by Crippen LogP contribution is 2.27. The molecule has 1 aromatic rings. The zero-order chi connectivity index (χ0) is 12.3. The number of nitrogens with zero attached hydrogens (tertiary/aromatic N) is 3. The van der Waals surface area contributed by atoms with E-state index < -0.39 is 0 Å². The normalized spacial score (nSPS) is 20.6. The lowest BCUT2D eigenvalue weighted by Crippen LogP contribution is -2.40. The zero-order valence-corrected chi connectivity index (χ0v) is 10.2. The van der Waals surface area contributed by atoms with Crippen molar-refractivity contribution in [2.24, 2.45) is 0 Å². The molecule has 4 nitrogen and oxygen atoms in total. The summed E-state index contributed by atoms with van der Waals surface area (Å²) in [5.41, 5.74) is 5.54. The van der Waals surface area contributed by atoms with Gasteiger partial charge in [0.1, 0.15) is 0 Å². The van der Waals surface area contributed by atoms with Gasteiger partial charge in [-0.3, -0.25) is 0 Å². The fourth-order valence-electron chi connectivity index (χ4n) is 2.49. The van der Waals surface area contributed by atoms with Crippen LogP contribution >= 0.6 is 0 Å². The van der Waals surface area contributed by atoms with Gasteiger partial charge in [-0.15, -0.1) is 0 Å². The molecule has 2 rings (SSSR count). The van der Waals surface area contributed by atoms with Crippen LogP contribution in [0, 0.1) is 5.82 Å². The first-order chi connectivity index (χ1) is 8.22. The predicted molar refractivity (Wildman–Crippen MR) is 66.3 cm³/mol. The largest absolute Gasteiger partial charge is 0.368 e. The van der Waals surface area contributed by atoms with Gasteiger partial charge in [0, 0.05) is 12.6 Å². The minimum atomic E-state index is -0.373. The van der Waals surface area contributed by atoms with E-state index in [9.17, 15) is 4.39 Å². The zero-order valence-electron chi connectivity index (χ0n) is 10.2. The molecule has 17 heavy (non-hydrogen) atoms. The van der Waals surface area contributed by atoms with Crippen molar-refractivity contribution >= 4 is 11.8 Å². The van der Waals surface area contributed by atoms with E-state index in [4.69, 9.17) is 5.73 Å². The second-order valence-electron chi connectivity index (χ2n) is 4.53. The Hall–Kier alpha value is -1.39. The van der Waals surface area contributed by atoms with Gasteiger partial charge in [0.15, 0.2) is 11.6 Å². The van der Waals surface area contributed by atoms with Gasteiger partial charge in [-0.25, -0.2) is 9.37 Å². The highest BCUT2D eigenvalue weighted by molar-refractivity contribution is 5.44. The summed E-state index contributed by atoms with van der Waals surface area (Å²) in [5.74, 6) is 0.139. The molecular formula is C12H19FN4. The second-order valence-corrected chi connectivity index (χ2v) is 4.53. The molecule has 1 unspecified atom stereocenters. The molecule has 0 aliphatic carbocycles. The number of piperidine rings is 1. The quantitative estimate of drug-likeness (QED) is 0.878. The SMILES string of the molecule is CCCC1CCCCN1c1nc(N)ncc1F. The van der Waals surface area contributed by atoms with Gasteiger partial charge in [-0.2, -0.15) is 4.98 Å². The van der Waals surface area contributed by atoms with E-state index in [0.717, 1.165) is 38.4 Å². The maximum absolute atomic E-state index is 13.7. The number of aromatic nitrogens is 2. The van der Waals surface area contributed by atoms with Crippen LogP contribution in [-0.2, 0) is 0 Å². The van der Waals surface area contributed by atoms with E-state index in [1.165, 1.54) is 6.42 Å². The van der Waals surface area contributed by atoms with Crippen molar-refractivity contribution in [3.8, 4) is 0 Å². The third kappa shape index (κ3) is 2.65. The predicted octanol–water partition coefficient (Wildman–Crippen LogP) is 2.36. The second kappa shape index (κ2) is 5.29. The van der Waals surface area contributed by atoms with E-state index in [1.807, 2.05) is 0 Å². The first kappa shape index (κ1) is 12.1. The van der Waals surface area contributed by atoms with Crippen LogP contribution in [0.25, 0.3) is 0 Å². The molecule has 1 saturated heterocycles. The molecule has 1 atom stereocenters. The third-order valence-corrected chi connectivity index (χ3v) is 3.27. The lowest BCUT2D eigenvalue weighted by Gasteiger charge is -2.36. The Balaban J connectivity index is 2.25. The standard InChI is InChI=1S/C12H19FN4/c1-2-5-9-6-3-4-7-17(9)11-10(13)8-15-12(14)16-11/h8-9H,2-7H2,1H3,(H2,14,15,16). The van der Waals surface area contributed by atoms with Crippen LogP contribution in [0.3, 0.4) is 0 Å². The van der Waals surface area contributed by atoms with Gasteiger partial charge >= 0.3 is 0 Å². The summed E-state index contributed by atoms with van der Waals surface area (Å²) in [5, 5.41) is 0. The molecule has 1 aliphatic rings.